The fraction of sp³-hybridized carbons (Fsp3) is 0.409. The van der Waals surface area contributed by atoms with Gasteiger partial charge in [0.05, 0.1) is 13.2 Å². The Morgan fingerprint density at radius 3 is 2.52 bits per heavy atom. The van der Waals surface area contributed by atoms with Gasteiger partial charge in [0.25, 0.3) is 5.91 Å². The van der Waals surface area contributed by atoms with Crippen molar-refractivity contribution >= 4 is 5.91 Å². The zero-order chi connectivity index (χ0) is 19.6. The van der Waals surface area contributed by atoms with E-state index in [0.717, 1.165) is 22.6 Å². The molecule has 0 fully saturated rings. The van der Waals surface area contributed by atoms with E-state index in [9.17, 15) is 4.79 Å². The third-order valence-electron chi connectivity index (χ3n) is 4.68. The van der Waals surface area contributed by atoms with Gasteiger partial charge in [0.15, 0.2) is 6.10 Å². The lowest BCUT2D eigenvalue weighted by Gasteiger charge is -2.38. The van der Waals surface area contributed by atoms with Crippen LogP contribution in [-0.2, 0) is 4.79 Å². The smallest absolute Gasteiger partial charge is 0.261 e. The maximum atomic E-state index is 12.7. The molecule has 27 heavy (non-hydrogen) atoms. The Morgan fingerprint density at radius 2 is 1.85 bits per heavy atom. The van der Waals surface area contributed by atoms with Crippen LogP contribution in [-0.4, -0.2) is 24.7 Å². The van der Waals surface area contributed by atoms with Crippen LogP contribution in [0.5, 0.6) is 17.2 Å². The molecule has 0 saturated heterocycles. The van der Waals surface area contributed by atoms with Gasteiger partial charge in [-0.1, -0.05) is 12.1 Å². The molecule has 0 radical (unpaired) electrons. The summed E-state index contributed by atoms with van der Waals surface area (Å²) in [5.74, 6) is 2.05. The van der Waals surface area contributed by atoms with Crippen molar-refractivity contribution < 1.29 is 19.0 Å². The van der Waals surface area contributed by atoms with Crippen LogP contribution < -0.4 is 19.5 Å². The molecule has 2 aromatic carbocycles. The summed E-state index contributed by atoms with van der Waals surface area (Å²) >= 11 is 0. The molecular weight excluding hydrogens is 342 g/mol. The van der Waals surface area contributed by atoms with E-state index < -0.39 is 6.10 Å². The molecule has 0 saturated carbocycles. The van der Waals surface area contributed by atoms with E-state index in [4.69, 9.17) is 14.2 Å². The predicted octanol–water partition coefficient (Wildman–Crippen LogP) is 4.19. The van der Waals surface area contributed by atoms with E-state index in [1.54, 1.807) is 38.3 Å². The zero-order valence-electron chi connectivity index (χ0n) is 16.5. The number of carbonyl (C=O) groups is 1. The Hall–Kier alpha value is -2.69. The van der Waals surface area contributed by atoms with Crippen molar-refractivity contribution in [3.8, 4) is 17.2 Å². The van der Waals surface area contributed by atoms with E-state index in [-0.39, 0.29) is 17.6 Å². The van der Waals surface area contributed by atoms with E-state index >= 15 is 0 Å². The number of aryl methyl sites for hydroxylation is 1. The van der Waals surface area contributed by atoms with Gasteiger partial charge in [-0.3, -0.25) is 4.79 Å². The predicted molar refractivity (Wildman–Crippen MR) is 104 cm³/mol. The van der Waals surface area contributed by atoms with Crippen LogP contribution in [0.4, 0.5) is 0 Å². The van der Waals surface area contributed by atoms with Crippen LogP contribution >= 0.6 is 0 Å². The highest BCUT2D eigenvalue weighted by molar-refractivity contribution is 5.81. The molecule has 2 aromatic rings. The van der Waals surface area contributed by atoms with Crippen LogP contribution in [0.3, 0.4) is 0 Å². The number of benzene rings is 2. The summed E-state index contributed by atoms with van der Waals surface area (Å²) in [5.41, 5.74) is 1.79. The zero-order valence-corrected chi connectivity index (χ0v) is 16.5. The topological polar surface area (TPSA) is 56.8 Å². The minimum Gasteiger partial charge on any atom is -0.497 e. The minimum atomic E-state index is -0.613. The number of carbonyl (C=O) groups excluding carboxylic acids is 1. The number of amides is 1. The molecule has 2 atom stereocenters. The van der Waals surface area contributed by atoms with Gasteiger partial charge < -0.3 is 19.5 Å². The molecule has 1 heterocycles. The first-order chi connectivity index (χ1) is 12.8. The molecule has 3 rings (SSSR count). The first-order valence-corrected chi connectivity index (χ1v) is 9.18. The Morgan fingerprint density at radius 1 is 1.19 bits per heavy atom. The average Bonchev–Trinajstić information content (AvgIpc) is 2.60. The Bertz CT molecular complexity index is 814. The molecule has 0 aliphatic carbocycles. The molecule has 0 unspecified atom stereocenters. The summed E-state index contributed by atoms with van der Waals surface area (Å²) in [6, 6.07) is 13.2. The van der Waals surface area contributed by atoms with Gasteiger partial charge in [0.1, 0.15) is 22.8 Å². The van der Waals surface area contributed by atoms with Crippen molar-refractivity contribution in [3.63, 3.8) is 0 Å². The third-order valence-corrected chi connectivity index (χ3v) is 4.68. The summed E-state index contributed by atoms with van der Waals surface area (Å²) in [4.78, 5) is 12.7. The Balaban J connectivity index is 1.71. The molecule has 1 aliphatic rings. The number of ether oxygens (including phenoxy) is 3. The van der Waals surface area contributed by atoms with Crippen molar-refractivity contribution in [1.29, 1.82) is 0 Å². The Kier molecular flexibility index (Phi) is 5.31. The largest absolute Gasteiger partial charge is 0.497 e. The normalized spacial score (nSPS) is 18.6. The second-order valence-corrected chi connectivity index (χ2v) is 7.60. The van der Waals surface area contributed by atoms with Crippen LogP contribution in [0.2, 0.25) is 0 Å². The lowest BCUT2D eigenvalue weighted by Crippen LogP contribution is -2.44. The Labute approximate surface area is 160 Å². The highest BCUT2D eigenvalue weighted by atomic mass is 16.5. The van der Waals surface area contributed by atoms with E-state index in [1.807, 2.05) is 39.0 Å². The van der Waals surface area contributed by atoms with Crippen LogP contribution in [0.1, 0.15) is 44.4 Å². The van der Waals surface area contributed by atoms with Gasteiger partial charge in [0, 0.05) is 12.0 Å². The van der Waals surface area contributed by atoms with Gasteiger partial charge in [-0.15, -0.1) is 0 Å². The number of hydrogen-bond acceptors (Lipinski definition) is 4. The maximum absolute atomic E-state index is 12.7. The number of hydrogen-bond donors (Lipinski definition) is 1. The quantitative estimate of drug-likeness (QED) is 0.859. The van der Waals surface area contributed by atoms with Crippen LogP contribution in [0, 0.1) is 6.92 Å². The standard InChI is InChI=1S/C22H27NO4/c1-14-6-11-18-19(13-22(3,4)27-20(18)12-14)23-21(24)15(2)26-17-9-7-16(25-5)8-10-17/h6-12,15,19H,13H2,1-5H3,(H,23,24)/t15-,19+/m0/s1. The summed E-state index contributed by atoms with van der Waals surface area (Å²) in [5, 5.41) is 3.12. The molecule has 1 aliphatic heterocycles. The molecule has 0 aromatic heterocycles. The van der Waals surface area contributed by atoms with Crippen molar-refractivity contribution in [2.24, 2.45) is 0 Å². The first kappa shape index (κ1) is 19.1. The lowest BCUT2D eigenvalue weighted by molar-refractivity contribution is -0.128. The van der Waals surface area contributed by atoms with Crippen LogP contribution in [0.25, 0.3) is 0 Å². The molecule has 5 nitrogen and oxygen atoms in total. The molecule has 5 heteroatoms. The molecule has 144 valence electrons. The van der Waals surface area contributed by atoms with Crippen molar-refractivity contribution in [2.75, 3.05) is 7.11 Å². The number of nitrogens with one attached hydrogen (secondary N) is 1. The molecular formula is C22H27NO4. The second-order valence-electron chi connectivity index (χ2n) is 7.60. The average molecular weight is 369 g/mol. The number of methoxy groups -OCH3 is 1. The summed E-state index contributed by atoms with van der Waals surface area (Å²) in [6.07, 6.45) is 0.0857. The molecule has 0 spiro atoms. The van der Waals surface area contributed by atoms with E-state index in [0.29, 0.717) is 12.2 Å². The SMILES string of the molecule is COc1ccc(O[C@@H](C)C(=O)N[C@@H]2CC(C)(C)Oc3cc(C)ccc32)cc1. The van der Waals surface area contributed by atoms with Crippen molar-refractivity contribution in [2.45, 2.75) is 51.9 Å². The van der Waals surface area contributed by atoms with Gasteiger partial charge >= 0.3 is 0 Å². The van der Waals surface area contributed by atoms with Crippen LogP contribution in [0.15, 0.2) is 42.5 Å². The maximum Gasteiger partial charge on any atom is 0.261 e. The molecule has 1 amide bonds. The fourth-order valence-electron chi connectivity index (χ4n) is 3.29. The van der Waals surface area contributed by atoms with E-state index in [2.05, 4.69) is 5.32 Å². The third kappa shape index (κ3) is 4.54. The van der Waals surface area contributed by atoms with Crippen molar-refractivity contribution in [1.82, 2.24) is 5.32 Å². The van der Waals surface area contributed by atoms with Gasteiger partial charge in [-0.05, 0) is 63.6 Å². The minimum absolute atomic E-state index is 0.112. The summed E-state index contributed by atoms with van der Waals surface area (Å²) in [7, 11) is 1.61. The van der Waals surface area contributed by atoms with E-state index in [1.165, 1.54) is 0 Å². The van der Waals surface area contributed by atoms with Crippen molar-refractivity contribution in [3.05, 3.63) is 53.6 Å². The summed E-state index contributed by atoms with van der Waals surface area (Å²) in [6.45, 7) is 7.85. The monoisotopic (exact) mass is 369 g/mol. The highest BCUT2D eigenvalue weighted by Crippen LogP contribution is 2.39. The fourth-order valence-corrected chi connectivity index (χ4v) is 3.29. The highest BCUT2D eigenvalue weighted by Gasteiger charge is 2.35. The van der Waals surface area contributed by atoms with Gasteiger partial charge in [0.2, 0.25) is 0 Å². The van der Waals surface area contributed by atoms with Gasteiger partial charge in [-0.25, -0.2) is 0 Å². The summed E-state index contributed by atoms with van der Waals surface area (Å²) < 4.78 is 17.0. The lowest BCUT2D eigenvalue weighted by atomic mass is 9.89. The number of rotatable bonds is 5. The van der Waals surface area contributed by atoms with Gasteiger partial charge in [-0.2, -0.15) is 0 Å². The molecule has 0 bridgehead atoms. The first-order valence-electron chi connectivity index (χ1n) is 9.18. The molecule has 1 N–H and O–H groups in total. The second kappa shape index (κ2) is 7.51. The number of fused-ring (bicyclic) bond motifs is 1.